The molecule has 0 aromatic carbocycles. The van der Waals surface area contributed by atoms with E-state index in [0.29, 0.717) is 0 Å². The molecule has 0 spiro atoms. The van der Waals surface area contributed by atoms with Crippen LogP contribution >= 0.6 is 12.8 Å². The van der Waals surface area contributed by atoms with Crippen LogP contribution in [0.2, 0.25) is 0 Å². The summed E-state index contributed by atoms with van der Waals surface area (Å²) in [6, 6.07) is 0. The number of nitrogens with zero attached hydrogens (tertiary/aromatic N) is 2. The lowest BCUT2D eigenvalue weighted by atomic mass is 10.5. The minimum Gasteiger partial charge on any atom is -0.476 e. The highest BCUT2D eigenvalue weighted by molar-refractivity contribution is 7.78. The van der Waals surface area contributed by atoms with Crippen LogP contribution in [0.1, 0.15) is 10.5 Å². The van der Waals surface area contributed by atoms with Gasteiger partial charge in [-0.1, -0.05) is 12.8 Å². The molecule has 0 unspecified atom stereocenters. The van der Waals surface area contributed by atoms with Crippen LogP contribution in [0.5, 0.6) is 0 Å². The predicted molar refractivity (Wildman–Crippen MR) is 33.6 cm³/mol. The maximum absolute atomic E-state index is 10.2. The fraction of sp³-hybridized carbons (Fsp3) is 0. The Morgan fingerprint density at radius 3 is 2.78 bits per heavy atom. The summed E-state index contributed by atoms with van der Waals surface area (Å²) in [5.41, 5.74) is 0.0679. The van der Waals surface area contributed by atoms with Crippen molar-refractivity contribution in [2.24, 2.45) is 0 Å². The van der Waals surface area contributed by atoms with Crippen LogP contribution in [0.4, 0.5) is 0 Å². The van der Waals surface area contributed by atoms with Crippen LogP contribution in [-0.2, 0) is 0 Å². The number of rotatable bonds is 1. The number of carboxylic acids is 1. The van der Waals surface area contributed by atoms with Crippen molar-refractivity contribution in [3.63, 3.8) is 0 Å². The summed E-state index contributed by atoms with van der Waals surface area (Å²) in [5, 5.41) is 8.34. The van der Waals surface area contributed by atoms with Crippen molar-refractivity contribution in [2.75, 3.05) is 0 Å². The summed E-state index contributed by atoms with van der Waals surface area (Å²) >= 11 is 3.76. The number of carbonyl (C=O) groups is 1. The molecule has 1 aromatic heterocycles. The van der Waals surface area contributed by atoms with Gasteiger partial charge < -0.3 is 5.11 Å². The molecule has 1 N–H and O–H groups in total. The van der Waals surface area contributed by atoms with Gasteiger partial charge in [0, 0.05) is 0 Å². The molecule has 1 rings (SSSR count). The molecule has 1 heterocycles. The van der Waals surface area contributed by atoms with Crippen molar-refractivity contribution in [3.8, 4) is 0 Å². The topological polar surface area (TPSA) is 55.1 Å². The molecule has 0 aliphatic heterocycles. The summed E-state index contributed by atoms with van der Waals surface area (Å²) in [6.45, 7) is 0. The molecule has 0 aliphatic carbocycles. The Morgan fingerprint density at radius 1 is 1.89 bits per heavy atom. The molecule has 0 aliphatic rings. The quantitative estimate of drug-likeness (QED) is 0.556. The average molecular weight is 144 g/mol. The third-order valence-electron chi connectivity index (χ3n) is 0.839. The van der Waals surface area contributed by atoms with Gasteiger partial charge in [0.15, 0.2) is 5.69 Å². The standard InChI is InChI=1S/C4H4N2O2S/c7-4(8)3-1-5-2-6(3)9/h1-2,9H,(H,7,8). The summed E-state index contributed by atoms with van der Waals surface area (Å²) in [4.78, 5) is 13.7. The van der Waals surface area contributed by atoms with E-state index in [1.165, 1.54) is 12.5 Å². The zero-order chi connectivity index (χ0) is 6.85. The zero-order valence-corrected chi connectivity index (χ0v) is 5.25. The van der Waals surface area contributed by atoms with E-state index in [0.717, 1.165) is 3.97 Å². The van der Waals surface area contributed by atoms with Crippen molar-refractivity contribution in [3.05, 3.63) is 18.2 Å². The molecular formula is C4H4N2O2S. The largest absolute Gasteiger partial charge is 0.476 e. The van der Waals surface area contributed by atoms with E-state index in [9.17, 15) is 4.79 Å². The second-order valence-electron chi connectivity index (χ2n) is 1.43. The van der Waals surface area contributed by atoms with Crippen molar-refractivity contribution in [1.29, 1.82) is 0 Å². The van der Waals surface area contributed by atoms with E-state index >= 15 is 0 Å². The van der Waals surface area contributed by atoms with Gasteiger partial charge in [0.1, 0.15) is 6.33 Å². The molecular weight excluding hydrogens is 140 g/mol. The lowest BCUT2D eigenvalue weighted by Crippen LogP contribution is -1.99. The molecule has 0 atom stereocenters. The molecule has 0 radical (unpaired) electrons. The zero-order valence-electron chi connectivity index (χ0n) is 4.35. The highest BCUT2D eigenvalue weighted by atomic mass is 32.1. The normalized spacial score (nSPS) is 9.44. The molecule has 48 valence electrons. The van der Waals surface area contributed by atoms with E-state index in [1.54, 1.807) is 0 Å². The summed E-state index contributed by atoms with van der Waals surface area (Å²) in [6.07, 6.45) is 2.54. The Morgan fingerprint density at radius 2 is 2.56 bits per heavy atom. The minimum absolute atomic E-state index is 0.0679. The van der Waals surface area contributed by atoms with Crippen LogP contribution in [0.25, 0.3) is 0 Å². The van der Waals surface area contributed by atoms with Crippen LogP contribution < -0.4 is 0 Å². The third-order valence-corrected chi connectivity index (χ3v) is 1.16. The summed E-state index contributed by atoms with van der Waals surface area (Å²) in [5.74, 6) is -1.03. The lowest BCUT2D eigenvalue weighted by molar-refractivity contribution is 0.0690. The van der Waals surface area contributed by atoms with Gasteiger partial charge in [-0.15, -0.1) is 0 Å². The van der Waals surface area contributed by atoms with Crippen LogP contribution in [0.3, 0.4) is 0 Å². The maximum Gasteiger partial charge on any atom is 0.355 e. The Hall–Kier alpha value is -0.970. The first-order chi connectivity index (χ1) is 4.22. The van der Waals surface area contributed by atoms with Crippen molar-refractivity contribution in [1.82, 2.24) is 8.96 Å². The number of imidazole rings is 1. The number of thiol groups is 1. The molecule has 1 aromatic rings. The number of aromatic nitrogens is 2. The van der Waals surface area contributed by atoms with E-state index < -0.39 is 5.97 Å². The number of aromatic carboxylic acids is 1. The van der Waals surface area contributed by atoms with E-state index in [-0.39, 0.29) is 5.69 Å². The lowest BCUT2D eigenvalue weighted by Gasteiger charge is -1.89. The van der Waals surface area contributed by atoms with E-state index in [2.05, 4.69) is 17.8 Å². The smallest absolute Gasteiger partial charge is 0.355 e. The minimum atomic E-state index is -1.03. The Bertz CT molecular complexity index is 232. The Kier molecular flexibility index (Phi) is 1.44. The highest BCUT2D eigenvalue weighted by Crippen LogP contribution is 1.98. The maximum atomic E-state index is 10.2. The van der Waals surface area contributed by atoms with Gasteiger partial charge in [-0.05, 0) is 0 Å². The van der Waals surface area contributed by atoms with Crippen LogP contribution in [0, 0.1) is 0 Å². The number of hydrogen-bond donors (Lipinski definition) is 2. The molecule has 0 bridgehead atoms. The first-order valence-corrected chi connectivity index (χ1v) is 2.56. The SMILES string of the molecule is O=C(O)c1cncn1S. The highest BCUT2D eigenvalue weighted by Gasteiger charge is 2.05. The second-order valence-corrected chi connectivity index (χ2v) is 1.86. The van der Waals surface area contributed by atoms with Crippen molar-refractivity contribution in [2.45, 2.75) is 0 Å². The van der Waals surface area contributed by atoms with Crippen molar-refractivity contribution < 1.29 is 9.90 Å². The van der Waals surface area contributed by atoms with Crippen molar-refractivity contribution >= 4 is 18.8 Å². The summed E-state index contributed by atoms with van der Waals surface area (Å²) < 4.78 is 1.14. The predicted octanol–water partition coefficient (Wildman–Crippen LogP) is 0.274. The van der Waals surface area contributed by atoms with Gasteiger partial charge in [-0.25, -0.2) is 9.78 Å². The van der Waals surface area contributed by atoms with Crippen LogP contribution in [0.15, 0.2) is 12.5 Å². The first-order valence-electron chi connectivity index (χ1n) is 2.16. The molecule has 9 heavy (non-hydrogen) atoms. The fourth-order valence-electron chi connectivity index (χ4n) is 0.442. The van der Waals surface area contributed by atoms with Gasteiger partial charge in [0.05, 0.1) is 6.20 Å². The summed E-state index contributed by atoms with van der Waals surface area (Å²) in [7, 11) is 0. The molecule has 0 fully saturated rings. The molecule has 5 heteroatoms. The van der Waals surface area contributed by atoms with Crippen LogP contribution in [-0.4, -0.2) is 20.0 Å². The van der Waals surface area contributed by atoms with E-state index in [1.807, 2.05) is 0 Å². The Balaban J connectivity index is 3.08. The van der Waals surface area contributed by atoms with Gasteiger partial charge in [0.2, 0.25) is 0 Å². The first kappa shape index (κ1) is 6.15. The number of hydrogen-bond acceptors (Lipinski definition) is 3. The van der Waals surface area contributed by atoms with Gasteiger partial charge >= 0.3 is 5.97 Å². The Labute approximate surface area is 56.7 Å². The molecule has 0 amide bonds. The molecule has 4 nitrogen and oxygen atoms in total. The van der Waals surface area contributed by atoms with Gasteiger partial charge in [-0.3, -0.25) is 3.97 Å². The fourth-order valence-corrected chi connectivity index (χ4v) is 0.638. The van der Waals surface area contributed by atoms with Gasteiger partial charge in [-0.2, -0.15) is 0 Å². The second kappa shape index (κ2) is 2.10. The number of carboxylic acid groups (broad SMARTS) is 1. The monoisotopic (exact) mass is 144 g/mol. The van der Waals surface area contributed by atoms with E-state index in [4.69, 9.17) is 5.11 Å². The molecule has 0 saturated carbocycles. The average Bonchev–Trinajstić information content (AvgIpc) is 2.13. The van der Waals surface area contributed by atoms with Gasteiger partial charge in [0.25, 0.3) is 0 Å². The molecule has 0 saturated heterocycles. The third kappa shape index (κ3) is 1.05.